The Bertz CT molecular complexity index is 601. The molecule has 0 saturated carbocycles. The Labute approximate surface area is 112 Å². The number of alkyl halides is 3. The third-order valence-electron chi connectivity index (χ3n) is 3.64. The minimum Gasteiger partial charge on any atom is -0.316 e. The summed E-state index contributed by atoms with van der Waals surface area (Å²) in [5, 5.41) is 4.13. The van der Waals surface area contributed by atoms with E-state index in [9.17, 15) is 13.2 Å². The predicted molar refractivity (Wildman–Crippen MR) is 69.4 cm³/mol. The number of hydrogen-bond acceptors (Lipinski definition) is 3. The van der Waals surface area contributed by atoms with Crippen LogP contribution in [0.1, 0.15) is 23.4 Å². The Kier molecular flexibility index (Phi) is 3.02. The van der Waals surface area contributed by atoms with Gasteiger partial charge in [0, 0.05) is 5.92 Å². The zero-order valence-electron chi connectivity index (χ0n) is 10.3. The van der Waals surface area contributed by atoms with Crippen LogP contribution in [0.4, 0.5) is 13.2 Å². The average molecular weight is 286 g/mol. The molecule has 0 aliphatic carbocycles. The molecule has 1 aliphatic rings. The number of rotatable bonds is 2. The molecule has 0 radical (unpaired) electrons. The number of nitrogens with zero attached hydrogens (tertiary/aromatic N) is 1. The summed E-state index contributed by atoms with van der Waals surface area (Å²) in [6, 6.07) is 3.78. The lowest BCUT2D eigenvalue weighted by Gasteiger charge is -2.31. The summed E-state index contributed by atoms with van der Waals surface area (Å²) in [5.41, 5.74) is -0.177. The predicted octanol–water partition coefficient (Wildman–Crippen LogP) is 3.64. The molecule has 0 amide bonds. The van der Waals surface area contributed by atoms with Crippen molar-refractivity contribution in [2.75, 3.05) is 13.1 Å². The maximum Gasteiger partial charge on any atom is 0.416 e. The zero-order chi connectivity index (χ0) is 13.6. The van der Waals surface area contributed by atoms with Gasteiger partial charge in [-0.3, -0.25) is 0 Å². The van der Waals surface area contributed by atoms with E-state index in [2.05, 4.69) is 17.2 Å². The van der Waals surface area contributed by atoms with Gasteiger partial charge < -0.3 is 5.32 Å². The Hall–Kier alpha value is -1.14. The number of aromatic nitrogens is 1. The van der Waals surface area contributed by atoms with Gasteiger partial charge in [0.1, 0.15) is 0 Å². The Morgan fingerprint density at radius 3 is 2.68 bits per heavy atom. The molecular formula is C13H13F3N2S. The molecule has 3 rings (SSSR count). The standard InChI is InChI=1S/C13H13F3N2S/c1-7(8-5-17-6-8)12-18-10-4-9(13(14,15)16)2-3-11(10)19-12/h2-4,7-8,17H,5-6H2,1H3. The monoisotopic (exact) mass is 286 g/mol. The van der Waals surface area contributed by atoms with Crippen LogP contribution in [0.5, 0.6) is 0 Å². The van der Waals surface area contributed by atoms with Crippen LogP contribution in [0.2, 0.25) is 0 Å². The van der Waals surface area contributed by atoms with E-state index in [1.54, 1.807) is 0 Å². The van der Waals surface area contributed by atoms with Crippen molar-refractivity contribution in [1.82, 2.24) is 10.3 Å². The number of thiazole rings is 1. The van der Waals surface area contributed by atoms with E-state index in [0.29, 0.717) is 17.4 Å². The van der Waals surface area contributed by atoms with Crippen molar-refractivity contribution < 1.29 is 13.2 Å². The van der Waals surface area contributed by atoms with Gasteiger partial charge in [0.25, 0.3) is 0 Å². The first-order chi connectivity index (χ1) is 8.95. The van der Waals surface area contributed by atoms with Crippen molar-refractivity contribution in [2.24, 2.45) is 5.92 Å². The zero-order valence-corrected chi connectivity index (χ0v) is 11.1. The molecule has 1 aromatic heterocycles. The number of nitrogens with one attached hydrogen (secondary N) is 1. The molecule has 6 heteroatoms. The van der Waals surface area contributed by atoms with Crippen molar-refractivity contribution in [1.29, 1.82) is 0 Å². The molecule has 0 bridgehead atoms. The van der Waals surface area contributed by atoms with E-state index < -0.39 is 11.7 Å². The van der Waals surface area contributed by atoms with Gasteiger partial charge in [-0.1, -0.05) is 6.92 Å². The van der Waals surface area contributed by atoms with Crippen molar-refractivity contribution in [2.45, 2.75) is 19.0 Å². The van der Waals surface area contributed by atoms with E-state index in [1.807, 2.05) is 0 Å². The van der Waals surface area contributed by atoms with Crippen LogP contribution in [0.15, 0.2) is 18.2 Å². The quantitative estimate of drug-likeness (QED) is 0.911. The second kappa shape index (κ2) is 4.45. The molecule has 102 valence electrons. The third kappa shape index (κ3) is 2.34. The van der Waals surface area contributed by atoms with Gasteiger partial charge in [-0.05, 0) is 37.2 Å². The van der Waals surface area contributed by atoms with Gasteiger partial charge in [0.05, 0.1) is 20.8 Å². The van der Waals surface area contributed by atoms with Crippen molar-refractivity contribution in [3.63, 3.8) is 0 Å². The van der Waals surface area contributed by atoms with Crippen LogP contribution in [-0.4, -0.2) is 18.1 Å². The number of benzene rings is 1. The number of fused-ring (bicyclic) bond motifs is 1. The van der Waals surface area contributed by atoms with Crippen LogP contribution >= 0.6 is 11.3 Å². The fourth-order valence-corrected chi connectivity index (χ4v) is 3.28. The van der Waals surface area contributed by atoms with E-state index in [0.717, 1.165) is 34.9 Å². The summed E-state index contributed by atoms with van der Waals surface area (Å²) in [5.74, 6) is 0.843. The molecule has 1 aromatic carbocycles. The summed E-state index contributed by atoms with van der Waals surface area (Å²) in [4.78, 5) is 4.38. The molecular weight excluding hydrogens is 273 g/mol. The van der Waals surface area contributed by atoms with E-state index in [-0.39, 0.29) is 0 Å². The summed E-state index contributed by atoms with van der Waals surface area (Å²) < 4.78 is 38.7. The topological polar surface area (TPSA) is 24.9 Å². The highest BCUT2D eigenvalue weighted by atomic mass is 32.1. The maximum atomic E-state index is 12.6. The normalized spacial score (nSPS) is 18.5. The lowest BCUT2D eigenvalue weighted by Crippen LogP contribution is -2.44. The Morgan fingerprint density at radius 2 is 2.11 bits per heavy atom. The van der Waals surface area contributed by atoms with Crippen LogP contribution in [0, 0.1) is 5.92 Å². The fraction of sp³-hybridized carbons (Fsp3) is 0.462. The number of halogens is 3. The smallest absolute Gasteiger partial charge is 0.316 e. The molecule has 1 unspecified atom stereocenters. The summed E-state index contributed by atoms with van der Waals surface area (Å²) >= 11 is 1.50. The minimum absolute atomic E-state index is 0.299. The van der Waals surface area contributed by atoms with Crippen LogP contribution < -0.4 is 5.32 Å². The van der Waals surface area contributed by atoms with E-state index in [4.69, 9.17) is 0 Å². The first-order valence-electron chi connectivity index (χ1n) is 6.13. The van der Waals surface area contributed by atoms with Gasteiger partial charge in [-0.25, -0.2) is 4.98 Å². The average Bonchev–Trinajstić information content (AvgIpc) is 2.67. The fourth-order valence-electron chi connectivity index (χ4n) is 2.18. The summed E-state index contributed by atoms with van der Waals surface area (Å²) in [6.07, 6.45) is -4.30. The first-order valence-corrected chi connectivity index (χ1v) is 6.95. The highest BCUT2D eigenvalue weighted by Gasteiger charge is 2.31. The van der Waals surface area contributed by atoms with E-state index in [1.165, 1.54) is 17.4 Å². The van der Waals surface area contributed by atoms with Crippen LogP contribution in [0.3, 0.4) is 0 Å². The summed E-state index contributed by atoms with van der Waals surface area (Å²) in [7, 11) is 0. The van der Waals surface area contributed by atoms with Crippen molar-refractivity contribution in [3.05, 3.63) is 28.8 Å². The first kappa shape index (κ1) is 12.9. The van der Waals surface area contributed by atoms with Gasteiger partial charge in [-0.2, -0.15) is 13.2 Å². The highest BCUT2D eigenvalue weighted by Crippen LogP contribution is 2.36. The molecule has 2 nitrogen and oxygen atoms in total. The minimum atomic E-state index is -4.30. The second-order valence-corrected chi connectivity index (χ2v) is 6.00. The van der Waals surface area contributed by atoms with Crippen molar-refractivity contribution in [3.8, 4) is 0 Å². The van der Waals surface area contributed by atoms with Crippen LogP contribution in [-0.2, 0) is 6.18 Å². The highest BCUT2D eigenvalue weighted by molar-refractivity contribution is 7.18. The number of hydrogen-bond donors (Lipinski definition) is 1. The molecule has 1 saturated heterocycles. The largest absolute Gasteiger partial charge is 0.416 e. The summed E-state index contributed by atoms with van der Waals surface area (Å²) in [6.45, 7) is 4.02. The molecule has 0 spiro atoms. The third-order valence-corrected chi connectivity index (χ3v) is 4.88. The lowest BCUT2D eigenvalue weighted by atomic mass is 9.89. The van der Waals surface area contributed by atoms with E-state index >= 15 is 0 Å². The van der Waals surface area contributed by atoms with Crippen LogP contribution in [0.25, 0.3) is 10.2 Å². The molecule has 2 heterocycles. The Balaban J connectivity index is 1.96. The lowest BCUT2D eigenvalue weighted by molar-refractivity contribution is -0.137. The van der Waals surface area contributed by atoms with Gasteiger partial charge in [-0.15, -0.1) is 11.3 Å². The molecule has 1 atom stereocenters. The van der Waals surface area contributed by atoms with Gasteiger partial charge in [0.15, 0.2) is 0 Å². The Morgan fingerprint density at radius 1 is 1.37 bits per heavy atom. The van der Waals surface area contributed by atoms with Gasteiger partial charge in [0.2, 0.25) is 0 Å². The van der Waals surface area contributed by atoms with Gasteiger partial charge >= 0.3 is 6.18 Å². The van der Waals surface area contributed by atoms with Crippen molar-refractivity contribution >= 4 is 21.6 Å². The maximum absolute atomic E-state index is 12.6. The molecule has 1 N–H and O–H groups in total. The SMILES string of the molecule is CC(c1nc2cc(C(F)(F)F)ccc2s1)C1CNC1. The second-order valence-electron chi connectivity index (χ2n) is 4.94. The molecule has 1 fully saturated rings. The molecule has 19 heavy (non-hydrogen) atoms. The molecule has 1 aliphatic heterocycles. The molecule has 2 aromatic rings.